The van der Waals surface area contributed by atoms with Crippen LogP contribution in [0, 0.1) is 12.7 Å². The number of aryl methyl sites for hydroxylation is 1. The molecule has 0 saturated carbocycles. The van der Waals surface area contributed by atoms with Crippen LogP contribution in [0.25, 0.3) is 0 Å². The Morgan fingerprint density at radius 3 is 2.58 bits per heavy atom. The molecule has 0 fully saturated rings. The van der Waals surface area contributed by atoms with Gasteiger partial charge in [-0.1, -0.05) is 6.07 Å². The summed E-state index contributed by atoms with van der Waals surface area (Å²) in [4.78, 5) is 10.8. The summed E-state index contributed by atoms with van der Waals surface area (Å²) in [7, 11) is 0. The number of phenolic OH excluding ortho intramolecular Hbond substituents is 1. The number of phenols is 1. The molecule has 0 unspecified atom stereocenters. The standard InChI is InChI=1S/C9H9FO2/c1-5-3-4-7(6(2)11)9(12)8(5)10/h3-4,12H,1-2H3. The first kappa shape index (κ1) is 8.71. The second-order valence-electron chi connectivity index (χ2n) is 2.65. The molecule has 0 aromatic heterocycles. The molecule has 2 nitrogen and oxygen atoms in total. The van der Waals surface area contributed by atoms with Crippen LogP contribution in [0.15, 0.2) is 12.1 Å². The Morgan fingerprint density at radius 2 is 2.08 bits per heavy atom. The highest BCUT2D eigenvalue weighted by molar-refractivity contribution is 5.96. The van der Waals surface area contributed by atoms with E-state index < -0.39 is 11.6 Å². The lowest BCUT2D eigenvalue weighted by Crippen LogP contribution is -1.95. The first-order valence-electron chi connectivity index (χ1n) is 3.53. The molecule has 0 aliphatic carbocycles. The zero-order valence-electron chi connectivity index (χ0n) is 6.89. The lowest BCUT2D eigenvalue weighted by molar-refractivity contribution is 0.101. The summed E-state index contributed by atoms with van der Waals surface area (Å²) in [5.41, 5.74) is 0.357. The van der Waals surface area contributed by atoms with Crippen molar-refractivity contribution in [2.75, 3.05) is 0 Å². The van der Waals surface area contributed by atoms with Gasteiger partial charge in [0.05, 0.1) is 5.56 Å². The number of carbonyl (C=O) groups is 1. The van der Waals surface area contributed by atoms with E-state index in [1.165, 1.54) is 26.0 Å². The van der Waals surface area contributed by atoms with Crippen LogP contribution in [0.4, 0.5) is 4.39 Å². The Balaban J connectivity index is 3.36. The maximum absolute atomic E-state index is 12.9. The molecule has 0 spiro atoms. The molecule has 0 aliphatic heterocycles. The molecule has 0 bridgehead atoms. The normalized spacial score (nSPS) is 9.92. The van der Waals surface area contributed by atoms with Crippen LogP contribution in [0.3, 0.4) is 0 Å². The molecular weight excluding hydrogens is 159 g/mol. The first-order chi connectivity index (χ1) is 5.54. The van der Waals surface area contributed by atoms with E-state index in [0.717, 1.165) is 0 Å². The van der Waals surface area contributed by atoms with Crippen molar-refractivity contribution >= 4 is 5.78 Å². The van der Waals surface area contributed by atoms with Crippen LogP contribution in [-0.4, -0.2) is 10.9 Å². The van der Waals surface area contributed by atoms with E-state index in [-0.39, 0.29) is 11.3 Å². The number of carbonyl (C=O) groups excluding carboxylic acids is 1. The van der Waals surface area contributed by atoms with Gasteiger partial charge in [-0.15, -0.1) is 0 Å². The van der Waals surface area contributed by atoms with Crippen LogP contribution in [0.5, 0.6) is 5.75 Å². The highest BCUT2D eigenvalue weighted by atomic mass is 19.1. The Labute approximate surface area is 69.6 Å². The van der Waals surface area contributed by atoms with E-state index in [0.29, 0.717) is 5.56 Å². The van der Waals surface area contributed by atoms with Gasteiger partial charge in [-0.3, -0.25) is 4.79 Å². The number of benzene rings is 1. The summed E-state index contributed by atoms with van der Waals surface area (Å²) in [5.74, 6) is -1.61. The van der Waals surface area contributed by atoms with Gasteiger partial charge < -0.3 is 5.11 Å². The molecule has 0 saturated heterocycles. The van der Waals surface area contributed by atoms with Crippen molar-refractivity contribution in [3.8, 4) is 5.75 Å². The average Bonchev–Trinajstić information content (AvgIpc) is 2.00. The van der Waals surface area contributed by atoms with Crippen molar-refractivity contribution in [1.29, 1.82) is 0 Å². The number of Topliss-reactive ketones (excluding diaryl/α,β-unsaturated/α-hetero) is 1. The minimum Gasteiger partial charge on any atom is -0.504 e. The molecule has 3 heteroatoms. The molecule has 64 valence electrons. The smallest absolute Gasteiger partial charge is 0.168 e. The fourth-order valence-corrected chi connectivity index (χ4v) is 0.950. The summed E-state index contributed by atoms with van der Waals surface area (Å²) in [6.45, 7) is 2.81. The van der Waals surface area contributed by atoms with Crippen molar-refractivity contribution in [1.82, 2.24) is 0 Å². The Kier molecular flexibility index (Phi) is 2.13. The molecule has 12 heavy (non-hydrogen) atoms. The number of hydrogen-bond donors (Lipinski definition) is 1. The lowest BCUT2D eigenvalue weighted by Gasteiger charge is -2.03. The van der Waals surface area contributed by atoms with Gasteiger partial charge in [0.2, 0.25) is 0 Å². The molecule has 0 heterocycles. The quantitative estimate of drug-likeness (QED) is 0.651. The van der Waals surface area contributed by atoms with Gasteiger partial charge in [-0.25, -0.2) is 4.39 Å². The average molecular weight is 168 g/mol. The van der Waals surface area contributed by atoms with E-state index in [1.807, 2.05) is 0 Å². The highest BCUT2D eigenvalue weighted by Crippen LogP contribution is 2.23. The minimum atomic E-state index is -0.720. The predicted octanol–water partition coefficient (Wildman–Crippen LogP) is 2.04. The largest absolute Gasteiger partial charge is 0.504 e. The Bertz CT molecular complexity index is 332. The van der Waals surface area contributed by atoms with Gasteiger partial charge in [-0.05, 0) is 25.5 Å². The second kappa shape index (κ2) is 2.93. The number of ketones is 1. The fraction of sp³-hybridized carbons (Fsp3) is 0.222. The maximum Gasteiger partial charge on any atom is 0.168 e. The van der Waals surface area contributed by atoms with Crippen LogP contribution < -0.4 is 0 Å². The summed E-state index contributed by atoms with van der Waals surface area (Å²) in [5, 5.41) is 9.15. The zero-order chi connectivity index (χ0) is 9.30. The summed E-state index contributed by atoms with van der Waals surface area (Å²) in [6, 6.07) is 2.88. The van der Waals surface area contributed by atoms with E-state index in [9.17, 15) is 9.18 Å². The van der Waals surface area contributed by atoms with Crippen LogP contribution >= 0.6 is 0 Å². The Morgan fingerprint density at radius 1 is 1.50 bits per heavy atom. The molecule has 0 radical (unpaired) electrons. The van der Waals surface area contributed by atoms with Crippen LogP contribution in [0.1, 0.15) is 22.8 Å². The molecule has 1 N–H and O–H groups in total. The molecule has 1 aromatic rings. The van der Waals surface area contributed by atoms with Crippen LogP contribution in [0.2, 0.25) is 0 Å². The van der Waals surface area contributed by atoms with Gasteiger partial charge in [0.1, 0.15) is 0 Å². The maximum atomic E-state index is 12.9. The number of halogens is 1. The van der Waals surface area contributed by atoms with Crippen molar-refractivity contribution in [2.45, 2.75) is 13.8 Å². The van der Waals surface area contributed by atoms with Gasteiger partial charge in [-0.2, -0.15) is 0 Å². The van der Waals surface area contributed by atoms with Gasteiger partial charge in [0, 0.05) is 0 Å². The monoisotopic (exact) mass is 168 g/mol. The van der Waals surface area contributed by atoms with Crippen molar-refractivity contribution < 1.29 is 14.3 Å². The van der Waals surface area contributed by atoms with E-state index >= 15 is 0 Å². The van der Waals surface area contributed by atoms with E-state index in [2.05, 4.69) is 0 Å². The highest BCUT2D eigenvalue weighted by Gasteiger charge is 2.12. The second-order valence-corrected chi connectivity index (χ2v) is 2.65. The number of hydrogen-bond acceptors (Lipinski definition) is 2. The zero-order valence-corrected chi connectivity index (χ0v) is 6.89. The topological polar surface area (TPSA) is 37.3 Å². The summed E-state index contributed by atoms with van der Waals surface area (Å²) >= 11 is 0. The third-order valence-corrected chi connectivity index (χ3v) is 1.69. The minimum absolute atomic E-state index is 0.0260. The lowest BCUT2D eigenvalue weighted by atomic mass is 10.1. The van der Waals surface area contributed by atoms with E-state index in [4.69, 9.17) is 5.11 Å². The summed E-state index contributed by atoms with van der Waals surface area (Å²) < 4.78 is 12.9. The van der Waals surface area contributed by atoms with Gasteiger partial charge in [0.25, 0.3) is 0 Å². The molecule has 0 aliphatic rings. The fourth-order valence-electron chi connectivity index (χ4n) is 0.950. The van der Waals surface area contributed by atoms with Crippen molar-refractivity contribution in [3.63, 3.8) is 0 Å². The van der Waals surface area contributed by atoms with E-state index in [1.54, 1.807) is 0 Å². The Hall–Kier alpha value is -1.38. The third kappa shape index (κ3) is 1.30. The van der Waals surface area contributed by atoms with Gasteiger partial charge >= 0.3 is 0 Å². The molecule has 1 rings (SSSR count). The SMILES string of the molecule is CC(=O)c1ccc(C)c(F)c1O. The molecule has 1 aromatic carbocycles. The van der Waals surface area contributed by atoms with Crippen molar-refractivity contribution in [2.24, 2.45) is 0 Å². The molecule has 0 amide bonds. The van der Waals surface area contributed by atoms with Crippen LogP contribution in [-0.2, 0) is 0 Å². The summed E-state index contributed by atoms with van der Waals surface area (Å²) in [6.07, 6.45) is 0. The first-order valence-corrected chi connectivity index (χ1v) is 3.53. The predicted molar refractivity (Wildman–Crippen MR) is 42.8 cm³/mol. The van der Waals surface area contributed by atoms with Gasteiger partial charge in [0.15, 0.2) is 17.3 Å². The molecular formula is C9H9FO2. The third-order valence-electron chi connectivity index (χ3n) is 1.69. The van der Waals surface area contributed by atoms with Crippen molar-refractivity contribution in [3.05, 3.63) is 29.1 Å². The number of rotatable bonds is 1. The molecule has 0 atom stereocenters. The number of aromatic hydroxyl groups is 1.